The molecule has 6 aliphatic carbocycles. The summed E-state index contributed by atoms with van der Waals surface area (Å²) in [5.74, 6) is 3.09. The molecule has 0 aromatic heterocycles. The molecule has 59 heavy (non-hydrogen) atoms. The van der Waals surface area contributed by atoms with Gasteiger partial charge in [0.2, 0.25) is 0 Å². The Kier molecular flexibility index (Phi) is 7.70. The van der Waals surface area contributed by atoms with Crippen molar-refractivity contribution in [2.75, 3.05) is 4.90 Å². The van der Waals surface area contributed by atoms with Crippen molar-refractivity contribution in [3.05, 3.63) is 161 Å². The maximum atomic E-state index is 2.72. The first-order valence-electron chi connectivity index (χ1n) is 22.6. The van der Waals surface area contributed by atoms with Crippen LogP contribution in [0.5, 0.6) is 0 Å². The van der Waals surface area contributed by atoms with Gasteiger partial charge in [-0.15, -0.1) is 0 Å². The summed E-state index contributed by atoms with van der Waals surface area (Å²) in [6.45, 7) is 14.8. The van der Waals surface area contributed by atoms with Crippen LogP contribution < -0.4 is 4.90 Å². The fourth-order valence-corrected chi connectivity index (χ4v) is 15.4. The maximum Gasteiger partial charge on any atom is 0.0502 e. The minimum atomic E-state index is -0.0839. The minimum absolute atomic E-state index is 0.00357. The second-order valence-electron chi connectivity index (χ2n) is 21.2. The molecule has 13 rings (SSSR count). The zero-order valence-electron chi connectivity index (χ0n) is 35.7. The number of hydrogen-bond acceptors (Lipinski definition) is 2. The second-order valence-corrected chi connectivity index (χ2v) is 22.3. The Morgan fingerprint density at radius 3 is 1.85 bits per heavy atom. The van der Waals surface area contributed by atoms with Crippen molar-refractivity contribution in [1.82, 2.24) is 0 Å². The Balaban J connectivity index is 1.12. The van der Waals surface area contributed by atoms with Crippen molar-refractivity contribution in [3.63, 3.8) is 0 Å². The number of benzene rings is 6. The lowest BCUT2D eigenvalue weighted by Crippen LogP contribution is -2.57. The molecule has 4 bridgehead atoms. The number of hydrogen-bond donors (Lipinski definition) is 0. The van der Waals surface area contributed by atoms with E-state index in [1.807, 2.05) is 11.8 Å². The lowest BCUT2D eigenvalue weighted by Gasteiger charge is -2.63. The van der Waals surface area contributed by atoms with Crippen LogP contribution >= 0.6 is 11.8 Å². The summed E-state index contributed by atoms with van der Waals surface area (Å²) in [5.41, 5.74) is 18.7. The van der Waals surface area contributed by atoms with Gasteiger partial charge in [0.05, 0.1) is 5.69 Å². The number of nitrogens with zero attached hydrogens (tertiary/aromatic N) is 1. The van der Waals surface area contributed by atoms with Gasteiger partial charge in [0.25, 0.3) is 0 Å². The van der Waals surface area contributed by atoms with Gasteiger partial charge in [-0.2, -0.15) is 0 Å². The average Bonchev–Trinajstić information content (AvgIpc) is 3.46. The molecular formula is C57H57NS. The molecule has 0 unspecified atom stereocenters. The van der Waals surface area contributed by atoms with E-state index in [0.717, 1.165) is 11.8 Å². The predicted molar refractivity (Wildman–Crippen MR) is 248 cm³/mol. The Morgan fingerprint density at radius 2 is 1.08 bits per heavy atom. The minimum Gasteiger partial charge on any atom is -0.310 e. The van der Waals surface area contributed by atoms with Gasteiger partial charge in [-0.1, -0.05) is 138 Å². The molecule has 1 nitrogen and oxygen atoms in total. The standard InChI is InChI=1S/C57H57NS/c1-54(2)26-27-55(3,4)53-46(54)19-13-20-49(53)58(40-22-24-44-43-16-10-11-18-45(43)56(5,6)47(44)33-40)41-23-25-50-48(34-41)57(38-29-35-28-36(31-38)32-39(57)30-35)52-42(17-12-21-51(52)59-50)37-14-8-7-9-15-37/h7-25,33-36,38-39H,26-32H2,1-6H3. The van der Waals surface area contributed by atoms with Crippen LogP contribution in [0.3, 0.4) is 0 Å². The van der Waals surface area contributed by atoms with Crippen LogP contribution in [0, 0.1) is 23.7 Å². The van der Waals surface area contributed by atoms with Crippen LogP contribution in [-0.2, 0) is 21.7 Å². The van der Waals surface area contributed by atoms with Crippen molar-refractivity contribution in [2.45, 2.75) is 118 Å². The first-order chi connectivity index (χ1) is 28.4. The van der Waals surface area contributed by atoms with Gasteiger partial charge in [0.15, 0.2) is 0 Å². The Labute approximate surface area is 356 Å². The Morgan fingerprint density at radius 1 is 0.475 bits per heavy atom. The fraction of sp³-hybridized carbons (Fsp3) is 0.368. The van der Waals surface area contributed by atoms with E-state index in [0.29, 0.717) is 11.8 Å². The predicted octanol–water partition coefficient (Wildman–Crippen LogP) is 15.7. The molecule has 1 heterocycles. The molecule has 0 amide bonds. The molecule has 296 valence electrons. The largest absolute Gasteiger partial charge is 0.310 e. The van der Waals surface area contributed by atoms with Crippen LogP contribution in [0.2, 0.25) is 0 Å². The molecule has 2 heteroatoms. The summed E-state index contributed by atoms with van der Waals surface area (Å²) in [7, 11) is 0. The molecular weight excluding hydrogens is 731 g/mol. The molecule has 6 aromatic rings. The maximum absolute atomic E-state index is 2.72. The van der Waals surface area contributed by atoms with E-state index in [2.05, 4.69) is 174 Å². The number of anilines is 3. The van der Waals surface area contributed by atoms with E-state index >= 15 is 0 Å². The van der Waals surface area contributed by atoms with Gasteiger partial charge in [-0.25, -0.2) is 0 Å². The zero-order valence-corrected chi connectivity index (χ0v) is 36.6. The van der Waals surface area contributed by atoms with Crippen molar-refractivity contribution < 1.29 is 0 Å². The molecule has 0 N–H and O–H groups in total. The zero-order chi connectivity index (χ0) is 40.1. The highest BCUT2D eigenvalue weighted by molar-refractivity contribution is 7.99. The summed E-state index contributed by atoms with van der Waals surface area (Å²) >= 11 is 2.03. The molecule has 4 fully saturated rings. The molecule has 4 saturated carbocycles. The molecule has 1 spiro atoms. The Bertz CT molecular complexity index is 2670. The lowest BCUT2D eigenvalue weighted by molar-refractivity contribution is -0.0441. The molecule has 1 aliphatic heterocycles. The first kappa shape index (κ1) is 36.3. The first-order valence-corrected chi connectivity index (χ1v) is 23.5. The fourth-order valence-electron chi connectivity index (χ4n) is 14.1. The summed E-state index contributed by atoms with van der Waals surface area (Å²) in [5, 5.41) is 0. The molecule has 0 atom stereocenters. The van der Waals surface area contributed by atoms with Crippen molar-refractivity contribution in [1.29, 1.82) is 0 Å². The topological polar surface area (TPSA) is 3.24 Å². The highest BCUT2D eigenvalue weighted by Gasteiger charge is 2.61. The van der Waals surface area contributed by atoms with Gasteiger partial charge < -0.3 is 4.90 Å². The SMILES string of the molecule is CC1(C)CCC(C)(C)c2c(N(c3ccc4c(c3)C(C)(C)c3ccccc3-4)c3ccc4c(c3)C3(c5c(cccc5-c5ccccc5)S4)C4CC5CC(C4)CC3C5)cccc21. The van der Waals surface area contributed by atoms with Crippen LogP contribution in [-0.4, -0.2) is 0 Å². The highest BCUT2D eigenvalue weighted by atomic mass is 32.2. The van der Waals surface area contributed by atoms with Crippen LogP contribution in [0.25, 0.3) is 22.3 Å². The third-order valence-corrected chi connectivity index (χ3v) is 17.9. The normalized spacial score (nSPS) is 26.7. The molecule has 6 aromatic carbocycles. The summed E-state index contributed by atoms with van der Waals surface area (Å²) < 4.78 is 0. The summed E-state index contributed by atoms with van der Waals surface area (Å²) in [6.07, 6.45) is 9.29. The second kappa shape index (κ2) is 12.5. The quantitative estimate of drug-likeness (QED) is 0.175. The van der Waals surface area contributed by atoms with E-state index in [9.17, 15) is 0 Å². The van der Waals surface area contributed by atoms with E-state index in [1.165, 1.54) is 116 Å². The summed E-state index contributed by atoms with van der Waals surface area (Å²) in [4.78, 5) is 5.66. The third-order valence-electron chi connectivity index (χ3n) is 16.7. The van der Waals surface area contributed by atoms with Crippen LogP contribution in [0.4, 0.5) is 17.1 Å². The van der Waals surface area contributed by atoms with Crippen molar-refractivity contribution in [2.24, 2.45) is 23.7 Å². The van der Waals surface area contributed by atoms with Gasteiger partial charge in [-0.05, 0) is 178 Å². The summed E-state index contributed by atoms with van der Waals surface area (Å²) in [6, 6.07) is 50.1. The van der Waals surface area contributed by atoms with Gasteiger partial charge >= 0.3 is 0 Å². The highest BCUT2D eigenvalue weighted by Crippen LogP contribution is 2.70. The lowest BCUT2D eigenvalue weighted by atomic mass is 9.41. The molecule has 0 radical (unpaired) electrons. The monoisotopic (exact) mass is 787 g/mol. The van der Waals surface area contributed by atoms with Gasteiger partial charge in [-0.3, -0.25) is 0 Å². The Hall–Kier alpha value is -4.53. The van der Waals surface area contributed by atoms with Crippen LogP contribution in [0.15, 0.2) is 137 Å². The van der Waals surface area contributed by atoms with E-state index < -0.39 is 0 Å². The van der Waals surface area contributed by atoms with Gasteiger partial charge in [0, 0.05) is 32.0 Å². The average molecular weight is 788 g/mol. The van der Waals surface area contributed by atoms with E-state index in [-0.39, 0.29) is 21.7 Å². The number of fused-ring (bicyclic) bond motifs is 6. The van der Waals surface area contributed by atoms with E-state index in [1.54, 1.807) is 11.1 Å². The molecule has 0 saturated heterocycles. The van der Waals surface area contributed by atoms with E-state index in [4.69, 9.17) is 0 Å². The molecule has 7 aliphatic rings. The van der Waals surface area contributed by atoms with Crippen LogP contribution in [0.1, 0.15) is 120 Å². The number of rotatable bonds is 4. The van der Waals surface area contributed by atoms with Crippen molar-refractivity contribution in [3.8, 4) is 22.3 Å². The van der Waals surface area contributed by atoms with Gasteiger partial charge in [0.1, 0.15) is 0 Å². The van der Waals surface area contributed by atoms with Crippen molar-refractivity contribution >= 4 is 28.8 Å². The third kappa shape index (κ3) is 5.05. The smallest absolute Gasteiger partial charge is 0.0502 e.